The summed E-state index contributed by atoms with van der Waals surface area (Å²) in [5, 5.41) is 0. The molecule has 0 aliphatic carbocycles. The Morgan fingerprint density at radius 1 is 1.00 bits per heavy atom. The molecule has 0 bridgehead atoms. The molecule has 0 fully saturated rings. The second-order valence-corrected chi connectivity index (χ2v) is 5.61. The molecule has 0 saturated heterocycles. The van der Waals surface area contributed by atoms with Gasteiger partial charge in [0.05, 0.1) is 20.2 Å². The first-order chi connectivity index (χ1) is 9.29. The zero-order chi connectivity index (χ0) is 14.9. The molecular formula is C13H8Br2F3NO. The van der Waals surface area contributed by atoms with Crippen LogP contribution in [-0.2, 0) is 6.18 Å². The quantitative estimate of drug-likeness (QED) is 0.653. The Hall–Kier alpha value is -1.21. The molecule has 2 nitrogen and oxygen atoms in total. The van der Waals surface area contributed by atoms with E-state index in [0.717, 1.165) is 12.1 Å². The fourth-order valence-corrected chi connectivity index (χ4v) is 2.43. The van der Waals surface area contributed by atoms with Gasteiger partial charge in [-0.2, -0.15) is 13.2 Å². The molecule has 0 spiro atoms. The van der Waals surface area contributed by atoms with Crippen molar-refractivity contribution in [3.63, 3.8) is 0 Å². The molecule has 106 valence electrons. The summed E-state index contributed by atoms with van der Waals surface area (Å²) in [7, 11) is 0. The summed E-state index contributed by atoms with van der Waals surface area (Å²) < 4.78 is 44.1. The third-order valence-electron chi connectivity index (χ3n) is 2.47. The minimum Gasteiger partial charge on any atom is -0.453 e. The van der Waals surface area contributed by atoms with Crippen molar-refractivity contribution in [3.8, 4) is 11.5 Å². The molecule has 0 heterocycles. The predicted octanol–water partition coefficient (Wildman–Crippen LogP) is 5.60. The number of para-hydroxylation sites is 1. The van der Waals surface area contributed by atoms with Gasteiger partial charge in [-0.05, 0) is 62.2 Å². The van der Waals surface area contributed by atoms with Crippen LogP contribution >= 0.6 is 31.9 Å². The number of rotatable bonds is 2. The first-order valence-corrected chi connectivity index (χ1v) is 6.96. The van der Waals surface area contributed by atoms with Crippen LogP contribution in [0.15, 0.2) is 45.3 Å². The van der Waals surface area contributed by atoms with Gasteiger partial charge in [0, 0.05) is 0 Å². The van der Waals surface area contributed by atoms with Gasteiger partial charge in [0.1, 0.15) is 5.75 Å². The Morgan fingerprint density at radius 2 is 1.70 bits per heavy atom. The van der Waals surface area contributed by atoms with E-state index in [-0.39, 0.29) is 10.2 Å². The second kappa shape index (κ2) is 5.65. The first-order valence-electron chi connectivity index (χ1n) is 5.37. The summed E-state index contributed by atoms with van der Waals surface area (Å²) in [5.41, 5.74) is 5.40. The van der Waals surface area contributed by atoms with Gasteiger partial charge in [-0.3, -0.25) is 0 Å². The van der Waals surface area contributed by atoms with Crippen molar-refractivity contribution in [1.29, 1.82) is 0 Å². The molecule has 0 unspecified atom stereocenters. The predicted molar refractivity (Wildman–Crippen MR) is 77.8 cm³/mol. The van der Waals surface area contributed by atoms with Crippen molar-refractivity contribution in [3.05, 3.63) is 50.9 Å². The van der Waals surface area contributed by atoms with Gasteiger partial charge in [-0.15, -0.1) is 0 Å². The van der Waals surface area contributed by atoms with E-state index in [1.54, 1.807) is 18.2 Å². The Bertz CT molecular complexity index is 624. The van der Waals surface area contributed by atoms with E-state index in [4.69, 9.17) is 10.5 Å². The smallest absolute Gasteiger partial charge is 0.416 e. The highest BCUT2D eigenvalue weighted by atomic mass is 79.9. The van der Waals surface area contributed by atoms with Crippen LogP contribution in [0.1, 0.15) is 5.56 Å². The van der Waals surface area contributed by atoms with Gasteiger partial charge in [0.2, 0.25) is 0 Å². The van der Waals surface area contributed by atoms with E-state index in [2.05, 4.69) is 31.9 Å². The van der Waals surface area contributed by atoms with Crippen molar-refractivity contribution < 1.29 is 17.9 Å². The highest BCUT2D eigenvalue weighted by Crippen LogP contribution is 2.40. The van der Waals surface area contributed by atoms with Crippen LogP contribution in [-0.4, -0.2) is 0 Å². The first kappa shape index (κ1) is 15.2. The monoisotopic (exact) mass is 409 g/mol. The summed E-state index contributed by atoms with van der Waals surface area (Å²) in [4.78, 5) is 0. The highest BCUT2D eigenvalue weighted by molar-refractivity contribution is 9.11. The third-order valence-corrected chi connectivity index (χ3v) is 3.71. The third kappa shape index (κ3) is 3.27. The van der Waals surface area contributed by atoms with Crippen LogP contribution < -0.4 is 10.5 Å². The molecule has 20 heavy (non-hydrogen) atoms. The van der Waals surface area contributed by atoms with Crippen molar-refractivity contribution in [2.45, 2.75) is 6.18 Å². The lowest BCUT2D eigenvalue weighted by Gasteiger charge is -2.13. The lowest BCUT2D eigenvalue weighted by atomic mass is 10.2. The molecule has 7 heteroatoms. The highest BCUT2D eigenvalue weighted by Gasteiger charge is 2.31. The molecule has 0 aliphatic heterocycles. The van der Waals surface area contributed by atoms with Crippen molar-refractivity contribution in [2.24, 2.45) is 0 Å². The topological polar surface area (TPSA) is 35.2 Å². The fraction of sp³-hybridized carbons (Fsp3) is 0.0769. The largest absolute Gasteiger partial charge is 0.453 e. The van der Waals surface area contributed by atoms with E-state index in [0.29, 0.717) is 15.9 Å². The minimum absolute atomic E-state index is 0.197. The number of nitrogens with two attached hydrogens (primary N) is 1. The van der Waals surface area contributed by atoms with Gasteiger partial charge < -0.3 is 10.5 Å². The average Bonchev–Trinajstić information content (AvgIpc) is 2.34. The second-order valence-electron chi connectivity index (χ2n) is 3.90. The van der Waals surface area contributed by atoms with Crippen LogP contribution in [0.2, 0.25) is 0 Å². The van der Waals surface area contributed by atoms with Crippen LogP contribution in [0.25, 0.3) is 0 Å². The van der Waals surface area contributed by atoms with E-state index in [1.165, 1.54) is 6.07 Å². The molecular weight excluding hydrogens is 403 g/mol. The van der Waals surface area contributed by atoms with Crippen LogP contribution in [0.5, 0.6) is 11.5 Å². The fourth-order valence-electron chi connectivity index (χ4n) is 1.50. The maximum atomic E-state index is 12.6. The van der Waals surface area contributed by atoms with Gasteiger partial charge in [0.25, 0.3) is 0 Å². The molecule has 0 radical (unpaired) electrons. The van der Waals surface area contributed by atoms with E-state index in [1.807, 2.05) is 0 Å². The van der Waals surface area contributed by atoms with Gasteiger partial charge in [-0.25, -0.2) is 0 Å². The lowest BCUT2D eigenvalue weighted by molar-refractivity contribution is -0.137. The number of halogens is 5. The van der Waals surface area contributed by atoms with Gasteiger partial charge in [-0.1, -0.05) is 6.07 Å². The number of hydrogen-bond donors (Lipinski definition) is 1. The number of alkyl halides is 3. The number of hydrogen-bond acceptors (Lipinski definition) is 2. The van der Waals surface area contributed by atoms with Crippen molar-refractivity contribution in [2.75, 3.05) is 5.73 Å². The zero-order valence-corrected chi connectivity index (χ0v) is 13.0. The summed E-state index contributed by atoms with van der Waals surface area (Å²) in [6.07, 6.45) is -4.40. The van der Waals surface area contributed by atoms with Crippen LogP contribution in [0.3, 0.4) is 0 Å². The van der Waals surface area contributed by atoms with E-state index < -0.39 is 11.7 Å². The molecule has 2 aromatic carbocycles. The van der Waals surface area contributed by atoms with Crippen LogP contribution in [0.4, 0.5) is 18.9 Å². The standard InChI is InChI=1S/C13H8Br2F3NO/c14-8-2-1-3-10(19)12(8)20-11-5-4-7(6-9(11)15)13(16,17)18/h1-6H,19H2. The Balaban J connectivity index is 2.36. The number of anilines is 1. The molecule has 2 rings (SSSR count). The number of ether oxygens (including phenoxy) is 1. The molecule has 0 aromatic heterocycles. The maximum Gasteiger partial charge on any atom is 0.416 e. The van der Waals surface area contributed by atoms with Gasteiger partial charge >= 0.3 is 6.18 Å². The zero-order valence-electron chi connectivity index (χ0n) is 9.84. The molecule has 2 N–H and O–H groups in total. The Labute approximate surface area is 130 Å². The molecule has 0 aliphatic rings. The molecule has 0 saturated carbocycles. The molecule has 2 aromatic rings. The summed E-state index contributed by atoms with van der Waals surface area (Å²) in [5.74, 6) is 0.601. The normalized spacial score (nSPS) is 11.4. The molecule has 0 amide bonds. The summed E-state index contributed by atoms with van der Waals surface area (Å²) in [6, 6.07) is 8.25. The summed E-state index contributed by atoms with van der Waals surface area (Å²) >= 11 is 6.34. The van der Waals surface area contributed by atoms with Crippen molar-refractivity contribution >= 4 is 37.5 Å². The number of benzene rings is 2. The molecule has 0 atom stereocenters. The van der Waals surface area contributed by atoms with Crippen LogP contribution in [0, 0.1) is 0 Å². The average molecular weight is 411 g/mol. The Morgan fingerprint density at radius 3 is 2.25 bits per heavy atom. The van der Waals surface area contributed by atoms with Crippen molar-refractivity contribution in [1.82, 2.24) is 0 Å². The SMILES string of the molecule is Nc1cccc(Br)c1Oc1ccc(C(F)(F)F)cc1Br. The number of nitrogen functional groups attached to an aromatic ring is 1. The van der Waals surface area contributed by atoms with E-state index in [9.17, 15) is 13.2 Å². The summed E-state index contributed by atoms with van der Waals surface area (Å²) in [6.45, 7) is 0. The van der Waals surface area contributed by atoms with E-state index >= 15 is 0 Å². The Kier molecular flexibility index (Phi) is 4.29. The minimum atomic E-state index is -4.40. The lowest BCUT2D eigenvalue weighted by Crippen LogP contribution is -2.04. The van der Waals surface area contributed by atoms with Gasteiger partial charge in [0.15, 0.2) is 5.75 Å². The maximum absolute atomic E-state index is 12.6.